The molecule has 0 saturated heterocycles. The second-order valence-electron chi connectivity index (χ2n) is 7.19. The van der Waals surface area contributed by atoms with Gasteiger partial charge in [0.15, 0.2) is 5.54 Å². The summed E-state index contributed by atoms with van der Waals surface area (Å²) in [4.78, 5) is 28.4. The fourth-order valence-electron chi connectivity index (χ4n) is 3.98. The molecule has 0 spiro atoms. The van der Waals surface area contributed by atoms with Crippen LogP contribution in [0.1, 0.15) is 47.3 Å². The number of aromatic nitrogens is 1. The van der Waals surface area contributed by atoms with E-state index >= 15 is 0 Å². The molecule has 1 aliphatic carbocycles. The summed E-state index contributed by atoms with van der Waals surface area (Å²) in [5.41, 5.74) is 1.03. The van der Waals surface area contributed by atoms with Crippen LogP contribution in [0.3, 0.4) is 0 Å². The predicted molar refractivity (Wildman–Crippen MR) is 112 cm³/mol. The van der Waals surface area contributed by atoms with E-state index in [4.69, 9.17) is 11.6 Å². The van der Waals surface area contributed by atoms with Crippen LogP contribution in [0, 0.1) is 0 Å². The molecule has 0 saturated carbocycles. The molecule has 1 heterocycles. The van der Waals surface area contributed by atoms with Gasteiger partial charge in [-0.2, -0.15) is 0 Å². The number of carbonyl (C=O) groups is 2. The van der Waals surface area contributed by atoms with Crippen molar-refractivity contribution in [1.29, 1.82) is 0 Å². The summed E-state index contributed by atoms with van der Waals surface area (Å²) in [7, 11) is 0. The molecule has 2 aromatic carbocycles. The smallest absolute Gasteiger partial charge is 0.334 e. The van der Waals surface area contributed by atoms with Crippen molar-refractivity contribution in [2.45, 2.75) is 31.2 Å². The molecule has 5 nitrogen and oxygen atoms in total. The van der Waals surface area contributed by atoms with Crippen LogP contribution in [0.2, 0.25) is 5.02 Å². The highest BCUT2D eigenvalue weighted by molar-refractivity contribution is 9.10. The lowest BCUT2D eigenvalue weighted by Gasteiger charge is -2.38. The number of carboxylic acids is 1. The average Bonchev–Trinajstić information content (AvgIpc) is 3.14. The Morgan fingerprint density at radius 2 is 2.04 bits per heavy atom. The summed E-state index contributed by atoms with van der Waals surface area (Å²) in [5.74, 6) is -1.30. The first kappa shape index (κ1) is 19.0. The van der Waals surface area contributed by atoms with Crippen molar-refractivity contribution in [3.05, 3.63) is 68.8 Å². The molecule has 144 valence electrons. The average molecular weight is 462 g/mol. The van der Waals surface area contributed by atoms with Crippen LogP contribution >= 0.6 is 27.5 Å². The number of nitrogens with one attached hydrogen (secondary N) is 2. The monoisotopic (exact) mass is 460 g/mol. The number of fused-ring (bicyclic) bond motifs is 2. The zero-order valence-corrected chi connectivity index (χ0v) is 17.4. The Hall–Kier alpha value is -2.31. The minimum atomic E-state index is -1.46. The molecule has 0 aliphatic heterocycles. The van der Waals surface area contributed by atoms with Gasteiger partial charge >= 0.3 is 5.97 Å². The third-order valence-electron chi connectivity index (χ3n) is 5.53. The van der Waals surface area contributed by atoms with Gasteiger partial charge in [-0.1, -0.05) is 58.7 Å². The lowest BCUT2D eigenvalue weighted by molar-refractivity contribution is -0.145. The topological polar surface area (TPSA) is 82.2 Å². The number of benzene rings is 2. The fourth-order valence-corrected chi connectivity index (χ4v) is 4.64. The summed E-state index contributed by atoms with van der Waals surface area (Å²) in [6.45, 7) is 2.07. The molecule has 0 fully saturated rings. The Kier molecular flexibility index (Phi) is 4.71. The van der Waals surface area contributed by atoms with Crippen molar-refractivity contribution >= 4 is 50.3 Å². The first-order chi connectivity index (χ1) is 13.3. The molecule has 1 aliphatic rings. The quantitative estimate of drug-likeness (QED) is 0.502. The van der Waals surface area contributed by atoms with Gasteiger partial charge < -0.3 is 15.4 Å². The van der Waals surface area contributed by atoms with Gasteiger partial charge in [0, 0.05) is 9.86 Å². The van der Waals surface area contributed by atoms with Gasteiger partial charge in [-0.15, -0.1) is 0 Å². The number of hydrogen-bond donors (Lipinski definition) is 3. The van der Waals surface area contributed by atoms with Crippen LogP contribution < -0.4 is 5.32 Å². The molecule has 0 radical (unpaired) electrons. The van der Waals surface area contributed by atoms with Crippen molar-refractivity contribution in [2.24, 2.45) is 0 Å². The summed E-state index contributed by atoms with van der Waals surface area (Å²) >= 11 is 9.67. The largest absolute Gasteiger partial charge is 0.479 e. The molecular formula is C21H18BrClN2O3. The maximum Gasteiger partial charge on any atom is 0.334 e. The highest BCUT2D eigenvalue weighted by atomic mass is 79.9. The van der Waals surface area contributed by atoms with Crippen molar-refractivity contribution in [3.8, 4) is 0 Å². The van der Waals surface area contributed by atoms with Gasteiger partial charge in [0.1, 0.15) is 5.69 Å². The Labute approximate surface area is 175 Å². The number of H-pyrrole nitrogens is 1. The van der Waals surface area contributed by atoms with E-state index in [9.17, 15) is 14.7 Å². The third kappa shape index (κ3) is 2.91. The Balaban J connectivity index is 1.77. The first-order valence-corrected chi connectivity index (χ1v) is 10.1. The summed E-state index contributed by atoms with van der Waals surface area (Å²) in [5, 5.41) is 14.1. The summed E-state index contributed by atoms with van der Waals surface area (Å²) in [6.07, 6.45) is 1.00. The number of aliphatic carboxylic acids is 1. The SMILES string of the molecule is CC1CCC(NC(=O)c2cc3c(Br)ccc(Cl)c3[nH]2)(C(=O)O)c2ccccc21. The van der Waals surface area contributed by atoms with Gasteiger partial charge in [0.05, 0.1) is 10.5 Å². The zero-order chi connectivity index (χ0) is 20.1. The van der Waals surface area contributed by atoms with E-state index in [2.05, 4.69) is 33.2 Å². The zero-order valence-electron chi connectivity index (χ0n) is 15.1. The van der Waals surface area contributed by atoms with Crippen LogP contribution in [-0.4, -0.2) is 22.0 Å². The number of carboxylic acid groups (broad SMARTS) is 1. The van der Waals surface area contributed by atoms with Crippen molar-refractivity contribution < 1.29 is 14.7 Å². The van der Waals surface area contributed by atoms with Crippen molar-refractivity contribution in [3.63, 3.8) is 0 Å². The summed E-state index contributed by atoms with van der Waals surface area (Å²) in [6, 6.07) is 12.6. The maximum atomic E-state index is 13.0. The van der Waals surface area contributed by atoms with Crippen LogP contribution in [0.25, 0.3) is 10.9 Å². The molecule has 7 heteroatoms. The standard InChI is InChI=1S/C21H18BrClN2O3/c1-11-8-9-21(20(27)28,14-5-3-2-4-12(11)14)25-19(26)17-10-13-15(22)6-7-16(23)18(13)24-17/h2-7,10-11,24H,8-9H2,1H3,(H,25,26)(H,27,28). The van der Waals surface area contributed by atoms with Gasteiger partial charge in [0.25, 0.3) is 5.91 Å². The Bertz CT molecular complexity index is 1070. The van der Waals surface area contributed by atoms with E-state index in [1.54, 1.807) is 30.3 Å². The second kappa shape index (κ2) is 6.94. The number of carbonyl (C=O) groups excluding carboxylic acids is 1. The van der Waals surface area contributed by atoms with Crippen LogP contribution in [-0.2, 0) is 10.3 Å². The van der Waals surface area contributed by atoms with E-state index in [-0.39, 0.29) is 11.6 Å². The molecule has 28 heavy (non-hydrogen) atoms. The molecule has 2 atom stereocenters. The van der Waals surface area contributed by atoms with E-state index in [1.165, 1.54) is 0 Å². The van der Waals surface area contributed by atoms with E-state index in [0.29, 0.717) is 28.9 Å². The van der Waals surface area contributed by atoms with Crippen LogP contribution in [0.5, 0.6) is 0 Å². The van der Waals surface area contributed by atoms with Crippen LogP contribution in [0.4, 0.5) is 0 Å². The minimum absolute atomic E-state index is 0.239. The Morgan fingerprint density at radius 3 is 2.75 bits per heavy atom. The van der Waals surface area contributed by atoms with E-state index in [0.717, 1.165) is 15.4 Å². The highest BCUT2D eigenvalue weighted by Gasteiger charge is 2.46. The number of hydrogen-bond acceptors (Lipinski definition) is 2. The van der Waals surface area contributed by atoms with E-state index in [1.807, 2.05) is 12.1 Å². The molecule has 3 aromatic rings. The lowest BCUT2D eigenvalue weighted by atomic mass is 9.72. The minimum Gasteiger partial charge on any atom is -0.479 e. The predicted octanol–water partition coefficient (Wildman–Crippen LogP) is 5.19. The number of halogens is 2. The third-order valence-corrected chi connectivity index (χ3v) is 6.54. The van der Waals surface area contributed by atoms with Gasteiger partial charge in [-0.25, -0.2) is 4.79 Å². The first-order valence-electron chi connectivity index (χ1n) is 8.95. The normalized spacial score (nSPS) is 21.3. The maximum absolute atomic E-state index is 13.0. The molecule has 3 N–H and O–H groups in total. The van der Waals surface area contributed by atoms with Gasteiger partial charge in [-0.3, -0.25) is 4.79 Å². The van der Waals surface area contributed by atoms with Crippen LogP contribution in [0.15, 0.2) is 46.9 Å². The molecule has 2 unspecified atom stereocenters. The molecular weight excluding hydrogens is 444 g/mol. The van der Waals surface area contributed by atoms with Crippen molar-refractivity contribution in [1.82, 2.24) is 10.3 Å². The molecule has 1 aromatic heterocycles. The van der Waals surface area contributed by atoms with Crippen molar-refractivity contribution in [2.75, 3.05) is 0 Å². The van der Waals surface area contributed by atoms with Gasteiger partial charge in [0.2, 0.25) is 0 Å². The lowest BCUT2D eigenvalue weighted by Crippen LogP contribution is -2.54. The number of amides is 1. The second-order valence-corrected chi connectivity index (χ2v) is 8.45. The molecule has 0 bridgehead atoms. The number of aromatic amines is 1. The number of rotatable bonds is 3. The Morgan fingerprint density at radius 1 is 1.29 bits per heavy atom. The van der Waals surface area contributed by atoms with Gasteiger partial charge in [-0.05, 0) is 48.1 Å². The highest BCUT2D eigenvalue weighted by Crippen LogP contribution is 2.41. The summed E-state index contributed by atoms with van der Waals surface area (Å²) < 4.78 is 0.798. The molecule has 4 rings (SSSR count). The fraction of sp³-hybridized carbons (Fsp3) is 0.238. The molecule has 1 amide bonds. The van der Waals surface area contributed by atoms with E-state index < -0.39 is 17.4 Å².